The first-order valence-corrected chi connectivity index (χ1v) is 7.09. The lowest BCUT2D eigenvalue weighted by Gasteiger charge is -2.12. The van der Waals surface area contributed by atoms with E-state index in [0.29, 0.717) is 6.54 Å². The van der Waals surface area contributed by atoms with E-state index in [1.807, 2.05) is 13.8 Å². The molecule has 0 saturated heterocycles. The zero-order valence-corrected chi connectivity index (χ0v) is 12.9. The summed E-state index contributed by atoms with van der Waals surface area (Å²) in [5.41, 5.74) is -0.193. The van der Waals surface area contributed by atoms with Gasteiger partial charge in [0, 0.05) is 19.0 Å². The molecule has 2 N–H and O–H groups in total. The molecule has 0 aliphatic heterocycles. The fraction of sp³-hybridized carbons (Fsp3) is 0.500. The number of anilines is 1. The lowest BCUT2D eigenvalue weighted by molar-refractivity contribution is -0.121. The fourth-order valence-corrected chi connectivity index (χ4v) is 1.77. The van der Waals surface area contributed by atoms with Crippen LogP contribution in [0.4, 0.5) is 5.69 Å². The van der Waals surface area contributed by atoms with E-state index in [4.69, 9.17) is 18.0 Å². The molecule has 6 nitrogen and oxygen atoms in total. The van der Waals surface area contributed by atoms with Gasteiger partial charge in [0.05, 0.1) is 11.2 Å². The molecular weight excluding hydrogens is 292 g/mol. The van der Waals surface area contributed by atoms with E-state index in [1.54, 1.807) is 0 Å². The van der Waals surface area contributed by atoms with E-state index < -0.39 is 5.56 Å². The van der Waals surface area contributed by atoms with Gasteiger partial charge in [0.1, 0.15) is 12.2 Å². The van der Waals surface area contributed by atoms with Gasteiger partial charge in [-0.25, -0.2) is 4.68 Å². The molecule has 0 bridgehead atoms. The smallest absolute Gasteiger partial charge is 0.292 e. The first-order chi connectivity index (χ1) is 9.99. The number of carbonyl (C=O) groups is 1. The number of terminal acetylenes is 1. The van der Waals surface area contributed by atoms with E-state index in [1.165, 1.54) is 6.20 Å². The minimum absolute atomic E-state index is 0.0686. The molecule has 1 unspecified atom stereocenters. The van der Waals surface area contributed by atoms with E-state index in [-0.39, 0.29) is 35.6 Å². The third-order valence-corrected chi connectivity index (χ3v) is 3.20. The van der Waals surface area contributed by atoms with Crippen LogP contribution in [0.3, 0.4) is 0 Å². The molecular formula is C14H19ClN4O2. The van der Waals surface area contributed by atoms with Crippen molar-refractivity contribution in [1.29, 1.82) is 0 Å². The second-order valence-electron chi connectivity index (χ2n) is 4.59. The number of rotatable bonds is 7. The van der Waals surface area contributed by atoms with Gasteiger partial charge in [-0.05, 0) is 13.3 Å². The number of hydrogen-bond donors (Lipinski definition) is 2. The number of halogens is 1. The van der Waals surface area contributed by atoms with Crippen molar-refractivity contribution in [2.75, 3.05) is 11.9 Å². The van der Waals surface area contributed by atoms with Crippen molar-refractivity contribution in [3.8, 4) is 12.3 Å². The van der Waals surface area contributed by atoms with E-state index in [9.17, 15) is 9.59 Å². The summed E-state index contributed by atoms with van der Waals surface area (Å²) in [6.45, 7) is 4.30. The topological polar surface area (TPSA) is 76.0 Å². The highest BCUT2D eigenvalue weighted by atomic mass is 35.5. The van der Waals surface area contributed by atoms with Gasteiger partial charge in [0.15, 0.2) is 0 Å². The van der Waals surface area contributed by atoms with Gasteiger partial charge in [0.2, 0.25) is 5.91 Å². The number of amides is 1. The average molecular weight is 311 g/mol. The molecule has 7 heteroatoms. The number of nitrogens with one attached hydrogen (secondary N) is 2. The van der Waals surface area contributed by atoms with Gasteiger partial charge in [-0.15, -0.1) is 6.42 Å². The second kappa shape index (κ2) is 8.32. The third-order valence-electron chi connectivity index (χ3n) is 2.91. The molecule has 1 rings (SSSR count). The van der Waals surface area contributed by atoms with Crippen molar-refractivity contribution < 1.29 is 4.79 Å². The van der Waals surface area contributed by atoms with Gasteiger partial charge in [0.25, 0.3) is 5.56 Å². The Hall–Kier alpha value is -2.00. The number of hydrogen-bond acceptors (Lipinski definition) is 4. The quantitative estimate of drug-likeness (QED) is 0.743. The zero-order valence-electron chi connectivity index (χ0n) is 12.1. The van der Waals surface area contributed by atoms with Crippen molar-refractivity contribution in [3.05, 3.63) is 21.6 Å². The summed E-state index contributed by atoms with van der Waals surface area (Å²) in [5, 5.41) is 9.75. The Bertz CT molecular complexity index is 592. The predicted octanol–water partition coefficient (Wildman–Crippen LogP) is 1.25. The van der Waals surface area contributed by atoms with Crippen LogP contribution in [0.5, 0.6) is 0 Å². The van der Waals surface area contributed by atoms with Gasteiger partial charge in [-0.3, -0.25) is 9.59 Å². The largest absolute Gasteiger partial charge is 0.379 e. The van der Waals surface area contributed by atoms with Crippen LogP contribution < -0.4 is 16.2 Å². The standard InChI is InChI=1S/C14H19ClN4O2/c1-4-8-19-14(21)13(11(15)9-17-19)16-7-6-12(20)18-10(3)5-2/h1,9-10,16H,5-8H2,2-3H3,(H,18,20). The minimum atomic E-state index is -0.400. The van der Waals surface area contributed by atoms with E-state index >= 15 is 0 Å². The van der Waals surface area contributed by atoms with Gasteiger partial charge < -0.3 is 10.6 Å². The number of aromatic nitrogens is 2. The van der Waals surface area contributed by atoms with Crippen LogP contribution in [0.2, 0.25) is 5.02 Å². The Morgan fingerprint density at radius 3 is 2.95 bits per heavy atom. The Morgan fingerprint density at radius 1 is 1.62 bits per heavy atom. The first kappa shape index (κ1) is 17.1. The van der Waals surface area contributed by atoms with Crippen LogP contribution >= 0.6 is 11.6 Å². The molecule has 1 atom stereocenters. The van der Waals surface area contributed by atoms with Crippen LogP contribution in [-0.2, 0) is 11.3 Å². The molecule has 114 valence electrons. The normalized spacial score (nSPS) is 11.5. The van der Waals surface area contributed by atoms with Crippen LogP contribution in [0.15, 0.2) is 11.0 Å². The highest BCUT2D eigenvalue weighted by Crippen LogP contribution is 2.14. The highest BCUT2D eigenvalue weighted by molar-refractivity contribution is 6.33. The maximum atomic E-state index is 12.0. The number of carbonyl (C=O) groups excluding carboxylic acids is 1. The Labute approximate surface area is 128 Å². The first-order valence-electron chi connectivity index (χ1n) is 6.71. The Balaban J connectivity index is 2.64. The van der Waals surface area contributed by atoms with Crippen molar-refractivity contribution in [1.82, 2.24) is 15.1 Å². The van der Waals surface area contributed by atoms with Crippen LogP contribution in [0, 0.1) is 12.3 Å². The van der Waals surface area contributed by atoms with Crippen molar-refractivity contribution in [2.45, 2.75) is 39.3 Å². The molecule has 0 aliphatic carbocycles. The van der Waals surface area contributed by atoms with Crippen LogP contribution in [0.25, 0.3) is 0 Å². The average Bonchev–Trinajstić information content (AvgIpc) is 2.45. The van der Waals surface area contributed by atoms with E-state index in [0.717, 1.165) is 11.1 Å². The molecule has 0 aliphatic rings. The summed E-state index contributed by atoms with van der Waals surface area (Å²) in [6.07, 6.45) is 7.62. The summed E-state index contributed by atoms with van der Waals surface area (Å²) in [5.74, 6) is 2.26. The van der Waals surface area contributed by atoms with E-state index in [2.05, 4.69) is 21.7 Å². The van der Waals surface area contributed by atoms with Crippen molar-refractivity contribution >= 4 is 23.2 Å². The highest BCUT2D eigenvalue weighted by Gasteiger charge is 2.10. The maximum absolute atomic E-state index is 12.0. The monoisotopic (exact) mass is 310 g/mol. The molecule has 1 aromatic heterocycles. The van der Waals surface area contributed by atoms with Gasteiger partial charge in [-0.2, -0.15) is 5.10 Å². The second-order valence-corrected chi connectivity index (χ2v) is 5.00. The molecule has 1 aromatic rings. The van der Waals surface area contributed by atoms with Crippen LogP contribution in [-0.4, -0.2) is 28.3 Å². The van der Waals surface area contributed by atoms with Crippen LogP contribution in [0.1, 0.15) is 26.7 Å². The molecule has 0 radical (unpaired) electrons. The summed E-state index contributed by atoms with van der Waals surface area (Å²) >= 11 is 5.93. The molecule has 1 amide bonds. The molecule has 0 fully saturated rings. The van der Waals surface area contributed by atoms with Crippen molar-refractivity contribution in [3.63, 3.8) is 0 Å². The van der Waals surface area contributed by atoms with Gasteiger partial charge >= 0.3 is 0 Å². The summed E-state index contributed by atoms with van der Waals surface area (Å²) in [6, 6.07) is 0.134. The fourth-order valence-electron chi connectivity index (χ4n) is 1.58. The molecule has 0 spiro atoms. The third kappa shape index (κ3) is 5.12. The summed E-state index contributed by atoms with van der Waals surface area (Å²) in [7, 11) is 0. The maximum Gasteiger partial charge on any atom is 0.292 e. The lowest BCUT2D eigenvalue weighted by atomic mass is 10.2. The minimum Gasteiger partial charge on any atom is -0.379 e. The summed E-state index contributed by atoms with van der Waals surface area (Å²) < 4.78 is 1.13. The van der Waals surface area contributed by atoms with Crippen molar-refractivity contribution in [2.24, 2.45) is 0 Å². The molecule has 21 heavy (non-hydrogen) atoms. The Kier molecular flexibility index (Phi) is 6.76. The molecule has 0 aromatic carbocycles. The molecule has 0 saturated carbocycles. The Morgan fingerprint density at radius 2 is 2.33 bits per heavy atom. The zero-order chi connectivity index (χ0) is 15.8. The molecule has 1 heterocycles. The van der Waals surface area contributed by atoms with Gasteiger partial charge in [-0.1, -0.05) is 24.4 Å². The lowest BCUT2D eigenvalue weighted by Crippen LogP contribution is -2.33. The number of nitrogens with zero attached hydrogens (tertiary/aromatic N) is 2. The SMILES string of the molecule is C#CCn1ncc(Cl)c(NCCC(=O)NC(C)CC)c1=O. The predicted molar refractivity (Wildman–Crippen MR) is 83.3 cm³/mol. The summed E-state index contributed by atoms with van der Waals surface area (Å²) in [4.78, 5) is 23.7.